The zero-order valence-corrected chi connectivity index (χ0v) is 12.0. The number of benzene rings is 1. The molecule has 0 spiro atoms. The summed E-state index contributed by atoms with van der Waals surface area (Å²) in [6, 6.07) is 6.59. The number of halogens is 1. The van der Waals surface area contributed by atoms with Crippen molar-refractivity contribution >= 4 is 5.91 Å². The first-order valence-electron chi connectivity index (χ1n) is 6.70. The van der Waals surface area contributed by atoms with Crippen molar-refractivity contribution in [1.29, 1.82) is 0 Å². The van der Waals surface area contributed by atoms with Crippen molar-refractivity contribution in [2.75, 3.05) is 0 Å². The van der Waals surface area contributed by atoms with Gasteiger partial charge in [0.15, 0.2) is 0 Å². The number of carbonyl (C=O) groups excluding carboxylic acids is 1. The third-order valence-electron chi connectivity index (χ3n) is 2.84. The van der Waals surface area contributed by atoms with Gasteiger partial charge in [0.05, 0.1) is 6.04 Å². The molecule has 0 radical (unpaired) electrons. The highest BCUT2D eigenvalue weighted by Crippen LogP contribution is 2.09. The molecule has 0 fully saturated rings. The molecule has 0 heterocycles. The first-order chi connectivity index (χ1) is 8.90. The van der Waals surface area contributed by atoms with Crippen LogP contribution in [-0.2, 0) is 11.2 Å². The number of nitrogens with one attached hydrogen (secondary N) is 2. The van der Waals surface area contributed by atoms with Crippen LogP contribution in [0.15, 0.2) is 24.3 Å². The minimum atomic E-state index is -0.288. The molecule has 3 nitrogen and oxygen atoms in total. The summed E-state index contributed by atoms with van der Waals surface area (Å²) in [7, 11) is 0. The predicted octanol–water partition coefficient (Wildman–Crippen LogP) is 2.26. The average Bonchev–Trinajstić information content (AvgIpc) is 2.31. The summed E-state index contributed by atoms with van der Waals surface area (Å²) in [5.74, 6) is -0.231. The van der Waals surface area contributed by atoms with Gasteiger partial charge < -0.3 is 10.6 Å². The first kappa shape index (κ1) is 15.6. The molecule has 106 valence electrons. The van der Waals surface area contributed by atoms with E-state index in [0.29, 0.717) is 12.0 Å². The van der Waals surface area contributed by atoms with Gasteiger partial charge >= 0.3 is 0 Å². The van der Waals surface area contributed by atoms with E-state index in [9.17, 15) is 9.18 Å². The monoisotopic (exact) mass is 266 g/mol. The summed E-state index contributed by atoms with van der Waals surface area (Å²) in [5.41, 5.74) is 0.666. The number of carbonyl (C=O) groups is 1. The molecule has 2 N–H and O–H groups in total. The van der Waals surface area contributed by atoms with Gasteiger partial charge in [0.1, 0.15) is 5.82 Å². The lowest BCUT2D eigenvalue weighted by molar-refractivity contribution is -0.123. The predicted molar refractivity (Wildman–Crippen MR) is 75.4 cm³/mol. The molecule has 1 aromatic carbocycles. The summed E-state index contributed by atoms with van der Waals surface area (Å²) >= 11 is 0. The normalized spacial score (nSPS) is 14.2. The maximum atomic E-state index is 13.5. The third-order valence-corrected chi connectivity index (χ3v) is 2.84. The molecule has 0 aliphatic heterocycles. The molecular formula is C15H23FN2O. The average molecular weight is 266 g/mol. The van der Waals surface area contributed by atoms with Gasteiger partial charge in [-0.15, -0.1) is 0 Å². The Bertz CT molecular complexity index is 420. The van der Waals surface area contributed by atoms with Crippen molar-refractivity contribution in [3.05, 3.63) is 35.6 Å². The van der Waals surface area contributed by atoms with Crippen LogP contribution in [0.1, 0.15) is 33.3 Å². The topological polar surface area (TPSA) is 41.1 Å². The number of hydrogen-bond donors (Lipinski definition) is 2. The third kappa shape index (κ3) is 5.39. The van der Waals surface area contributed by atoms with E-state index >= 15 is 0 Å². The summed E-state index contributed by atoms with van der Waals surface area (Å²) in [6.45, 7) is 7.61. The molecule has 1 amide bonds. The molecular weight excluding hydrogens is 243 g/mol. The van der Waals surface area contributed by atoms with Crippen LogP contribution in [0.25, 0.3) is 0 Å². The van der Waals surface area contributed by atoms with E-state index in [-0.39, 0.29) is 29.8 Å². The van der Waals surface area contributed by atoms with Crippen LogP contribution in [0, 0.1) is 5.82 Å². The van der Waals surface area contributed by atoms with E-state index in [1.165, 1.54) is 6.07 Å². The fraction of sp³-hybridized carbons (Fsp3) is 0.533. The zero-order valence-electron chi connectivity index (χ0n) is 12.0. The Labute approximate surface area is 114 Å². The van der Waals surface area contributed by atoms with Crippen molar-refractivity contribution in [3.63, 3.8) is 0 Å². The Morgan fingerprint density at radius 1 is 1.21 bits per heavy atom. The lowest BCUT2D eigenvalue weighted by Gasteiger charge is -2.21. The Morgan fingerprint density at radius 2 is 1.84 bits per heavy atom. The highest BCUT2D eigenvalue weighted by Gasteiger charge is 2.16. The molecule has 0 saturated heterocycles. The highest BCUT2D eigenvalue weighted by atomic mass is 19.1. The Kier molecular flexibility index (Phi) is 5.96. The number of hydrogen-bond acceptors (Lipinski definition) is 2. The molecule has 1 rings (SSSR count). The van der Waals surface area contributed by atoms with Crippen LogP contribution in [0.3, 0.4) is 0 Å². The van der Waals surface area contributed by atoms with Gasteiger partial charge in [-0.3, -0.25) is 4.79 Å². The van der Waals surface area contributed by atoms with Gasteiger partial charge in [0, 0.05) is 12.1 Å². The van der Waals surface area contributed by atoms with Crippen LogP contribution in [0.4, 0.5) is 4.39 Å². The van der Waals surface area contributed by atoms with E-state index in [1.807, 2.05) is 33.8 Å². The molecule has 0 aliphatic rings. The second-order valence-electron chi connectivity index (χ2n) is 5.25. The Morgan fingerprint density at radius 3 is 2.42 bits per heavy atom. The van der Waals surface area contributed by atoms with E-state index in [4.69, 9.17) is 0 Å². The van der Waals surface area contributed by atoms with Gasteiger partial charge in [0.25, 0.3) is 0 Å². The molecule has 2 unspecified atom stereocenters. The van der Waals surface area contributed by atoms with Gasteiger partial charge in [-0.1, -0.05) is 18.2 Å². The second-order valence-corrected chi connectivity index (χ2v) is 5.25. The van der Waals surface area contributed by atoms with E-state index < -0.39 is 0 Å². The van der Waals surface area contributed by atoms with Crippen molar-refractivity contribution in [1.82, 2.24) is 10.6 Å². The zero-order chi connectivity index (χ0) is 14.4. The van der Waals surface area contributed by atoms with Gasteiger partial charge in [0.2, 0.25) is 5.91 Å². The van der Waals surface area contributed by atoms with E-state index in [2.05, 4.69) is 10.6 Å². The molecule has 4 heteroatoms. The fourth-order valence-electron chi connectivity index (χ4n) is 1.96. The molecule has 0 aromatic heterocycles. The highest BCUT2D eigenvalue weighted by molar-refractivity contribution is 5.81. The summed E-state index contributed by atoms with van der Waals surface area (Å²) in [6.07, 6.45) is 0.561. The van der Waals surface area contributed by atoms with Crippen molar-refractivity contribution in [3.8, 4) is 0 Å². The molecule has 2 atom stereocenters. The van der Waals surface area contributed by atoms with Crippen LogP contribution in [0.2, 0.25) is 0 Å². The maximum Gasteiger partial charge on any atom is 0.237 e. The van der Waals surface area contributed by atoms with Gasteiger partial charge in [-0.2, -0.15) is 0 Å². The number of rotatable bonds is 6. The van der Waals surface area contributed by atoms with Crippen molar-refractivity contribution in [2.24, 2.45) is 0 Å². The fourth-order valence-corrected chi connectivity index (χ4v) is 1.96. The molecule has 1 aromatic rings. The lowest BCUT2D eigenvalue weighted by Crippen LogP contribution is -2.48. The number of amides is 1. The van der Waals surface area contributed by atoms with Crippen molar-refractivity contribution < 1.29 is 9.18 Å². The molecule has 0 bridgehead atoms. The van der Waals surface area contributed by atoms with Gasteiger partial charge in [-0.25, -0.2) is 4.39 Å². The maximum absolute atomic E-state index is 13.5. The minimum absolute atomic E-state index is 0.0321. The smallest absolute Gasteiger partial charge is 0.237 e. The van der Waals surface area contributed by atoms with E-state index in [0.717, 1.165) is 0 Å². The molecule has 19 heavy (non-hydrogen) atoms. The Hall–Kier alpha value is -1.42. The standard InChI is InChI=1S/C15H23FN2O/c1-10(2)17-15(19)12(4)18-11(3)9-13-7-5-6-8-14(13)16/h5-8,10-12,18H,9H2,1-4H3,(H,17,19). The largest absolute Gasteiger partial charge is 0.353 e. The summed E-state index contributed by atoms with van der Waals surface area (Å²) in [5, 5.41) is 6.03. The summed E-state index contributed by atoms with van der Waals surface area (Å²) in [4.78, 5) is 11.8. The van der Waals surface area contributed by atoms with E-state index in [1.54, 1.807) is 12.1 Å². The lowest BCUT2D eigenvalue weighted by atomic mass is 10.1. The first-order valence-corrected chi connectivity index (χ1v) is 6.70. The van der Waals surface area contributed by atoms with Crippen LogP contribution >= 0.6 is 0 Å². The SMILES string of the molecule is CC(C)NC(=O)C(C)NC(C)Cc1ccccc1F. The van der Waals surface area contributed by atoms with Crippen LogP contribution in [0.5, 0.6) is 0 Å². The van der Waals surface area contributed by atoms with Crippen LogP contribution < -0.4 is 10.6 Å². The van der Waals surface area contributed by atoms with Gasteiger partial charge in [-0.05, 0) is 45.7 Å². The quantitative estimate of drug-likeness (QED) is 0.829. The molecule has 0 aliphatic carbocycles. The summed E-state index contributed by atoms with van der Waals surface area (Å²) < 4.78 is 13.5. The second kappa shape index (κ2) is 7.24. The minimum Gasteiger partial charge on any atom is -0.353 e. The van der Waals surface area contributed by atoms with Crippen molar-refractivity contribution in [2.45, 2.75) is 52.2 Å². The Balaban J connectivity index is 2.49. The molecule has 0 saturated carbocycles. The van der Waals surface area contributed by atoms with Crippen LogP contribution in [-0.4, -0.2) is 24.0 Å².